The number of carbonyl (C=O) groups excluding carboxylic acids is 1. The van der Waals surface area contributed by atoms with Crippen molar-refractivity contribution in [2.24, 2.45) is 0 Å². The summed E-state index contributed by atoms with van der Waals surface area (Å²) in [5.74, 6) is 0.154. The number of non-ortho nitro benzene ring substituents is 1. The van der Waals surface area contributed by atoms with Crippen molar-refractivity contribution in [3.05, 3.63) is 106 Å². The van der Waals surface area contributed by atoms with Crippen molar-refractivity contribution in [2.75, 3.05) is 7.11 Å². The first-order chi connectivity index (χ1) is 14.1. The average molecular weight is 389 g/mol. The second-order valence-corrected chi connectivity index (χ2v) is 6.20. The molecule has 3 rings (SSSR count). The van der Waals surface area contributed by atoms with E-state index in [2.05, 4.69) is 0 Å². The highest BCUT2D eigenvalue weighted by atomic mass is 16.6. The molecule has 0 aliphatic heterocycles. The summed E-state index contributed by atoms with van der Waals surface area (Å²) in [6, 6.07) is 22.5. The fourth-order valence-corrected chi connectivity index (χ4v) is 2.76. The van der Waals surface area contributed by atoms with Gasteiger partial charge in [-0.05, 0) is 34.9 Å². The van der Waals surface area contributed by atoms with Gasteiger partial charge in [-0.2, -0.15) is 0 Å². The van der Waals surface area contributed by atoms with Crippen molar-refractivity contribution in [2.45, 2.75) is 6.61 Å². The molecule has 0 heterocycles. The molecule has 0 bridgehead atoms. The van der Waals surface area contributed by atoms with Crippen LogP contribution in [-0.2, 0) is 16.1 Å². The first-order valence-electron chi connectivity index (χ1n) is 8.88. The zero-order valence-corrected chi connectivity index (χ0v) is 15.8. The Kier molecular flexibility index (Phi) is 6.37. The van der Waals surface area contributed by atoms with Gasteiger partial charge in [-0.15, -0.1) is 0 Å². The van der Waals surface area contributed by atoms with Crippen LogP contribution < -0.4 is 4.74 Å². The van der Waals surface area contributed by atoms with Gasteiger partial charge in [0.1, 0.15) is 12.4 Å². The number of nitro benzene ring substituents is 1. The van der Waals surface area contributed by atoms with E-state index in [-0.39, 0.29) is 12.3 Å². The highest BCUT2D eigenvalue weighted by molar-refractivity contribution is 6.21. The molecule has 146 valence electrons. The summed E-state index contributed by atoms with van der Waals surface area (Å²) in [5.41, 5.74) is 2.37. The monoisotopic (exact) mass is 389 g/mol. The van der Waals surface area contributed by atoms with Crippen molar-refractivity contribution < 1.29 is 19.2 Å². The Bertz CT molecular complexity index is 1040. The number of methoxy groups -OCH3 is 1. The zero-order chi connectivity index (χ0) is 20.6. The van der Waals surface area contributed by atoms with Gasteiger partial charge in [-0.3, -0.25) is 10.1 Å². The van der Waals surface area contributed by atoms with Gasteiger partial charge in [-0.25, -0.2) is 4.79 Å². The van der Waals surface area contributed by atoms with Gasteiger partial charge in [0.25, 0.3) is 5.69 Å². The molecular formula is C23H19NO5. The number of hydrogen-bond donors (Lipinski definition) is 0. The number of nitro groups is 1. The molecule has 0 aromatic heterocycles. The van der Waals surface area contributed by atoms with E-state index in [9.17, 15) is 14.9 Å². The Labute approximate surface area is 168 Å². The van der Waals surface area contributed by atoms with Crippen LogP contribution in [0.4, 0.5) is 5.69 Å². The summed E-state index contributed by atoms with van der Waals surface area (Å²) < 4.78 is 10.7. The van der Waals surface area contributed by atoms with Crippen molar-refractivity contribution >= 4 is 23.3 Å². The molecule has 0 saturated heterocycles. The van der Waals surface area contributed by atoms with E-state index in [0.29, 0.717) is 22.4 Å². The van der Waals surface area contributed by atoms with E-state index in [4.69, 9.17) is 9.47 Å². The van der Waals surface area contributed by atoms with Crippen LogP contribution in [-0.4, -0.2) is 18.0 Å². The minimum absolute atomic E-state index is 0.0474. The SMILES string of the molecule is COc1cccc(/C=C(/C(=O)OCc2cccc([N+](=O)[O-])c2)c2ccccc2)c1. The number of nitrogens with zero attached hydrogens (tertiary/aromatic N) is 1. The summed E-state index contributed by atoms with van der Waals surface area (Å²) in [5, 5.41) is 10.9. The fraction of sp³-hybridized carbons (Fsp3) is 0.0870. The lowest BCUT2D eigenvalue weighted by molar-refractivity contribution is -0.384. The highest BCUT2D eigenvalue weighted by Gasteiger charge is 2.15. The summed E-state index contributed by atoms with van der Waals surface area (Å²) >= 11 is 0. The standard InChI is InChI=1S/C23H19NO5/c1-28-21-12-6-7-17(14-21)15-22(19-9-3-2-4-10-19)23(25)29-16-18-8-5-11-20(13-18)24(26)27/h2-15H,16H2,1H3/b22-15+. The highest BCUT2D eigenvalue weighted by Crippen LogP contribution is 2.23. The molecule has 0 fully saturated rings. The molecule has 0 saturated carbocycles. The molecule has 0 radical (unpaired) electrons. The summed E-state index contributed by atoms with van der Waals surface area (Å²) in [4.78, 5) is 23.3. The number of hydrogen-bond acceptors (Lipinski definition) is 5. The zero-order valence-electron chi connectivity index (χ0n) is 15.8. The normalized spacial score (nSPS) is 11.0. The molecular weight excluding hydrogens is 370 g/mol. The minimum atomic E-state index is -0.523. The number of benzene rings is 3. The third kappa shape index (κ3) is 5.29. The second-order valence-electron chi connectivity index (χ2n) is 6.20. The molecule has 29 heavy (non-hydrogen) atoms. The fourth-order valence-electron chi connectivity index (χ4n) is 2.76. The summed E-state index contributed by atoms with van der Waals surface area (Å²) in [7, 11) is 1.58. The number of esters is 1. The second kappa shape index (κ2) is 9.32. The minimum Gasteiger partial charge on any atom is -0.497 e. The van der Waals surface area contributed by atoms with Crippen LogP contribution in [0.5, 0.6) is 5.75 Å². The van der Waals surface area contributed by atoms with Gasteiger partial charge in [0.05, 0.1) is 17.6 Å². The van der Waals surface area contributed by atoms with E-state index >= 15 is 0 Å². The Morgan fingerprint density at radius 3 is 2.48 bits per heavy atom. The van der Waals surface area contributed by atoms with Crippen LogP contribution in [0.25, 0.3) is 11.6 Å². The molecule has 0 N–H and O–H groups in total. The van der Waals surface area contributed by atoms with Crippen LogP contribution in [0.3, 0.4) is 0 Å². The van der Waals surface area contributed by atoms with Crippen molar-refractivity contribution in [1.29, 1.82) is 0 Å². The van der Waals surface area contributed by atoms with Crippen LogP contribution in [0.15, 0.2) is 78.9 Å². The number of ether oxygens (including phenoxy) is 2. The lowest BCUT2D eigenvalue weighted by Crippen LogP contribution is -2.07. The molecule has 6 nitrogen and oxygen atoms in total. The van der Waals surface area contributed by atoms with E-state index in [1.54, 1.807) is 25.3 Å². The molecule has 0 spiro atoms. The smallest absolute Gasteiger partial charge is 0.339 e. The molecule has 0 aliphatic rings. The lowest BCUT2D eigenvalue weighted by Gasteiger charge is -2.10. The van der Waals surface area contributed by atoms with Gasteiger partial charge < -0.3 is 9.47 Å². The van der Waals surface area contributed by atoms with Crippen molar-refractivity contribution in [1.82, 2.24) is 0 Å². The van der Waals surface area contributed by atoms with Gasteiger partial charge in [0.15, 0.2) is 0 Å². The predicted molar refractivity (Wildman–Crippen MR) is 110 cm³/mol. The van der Waals surface area contributed by atoms with E-state index in [0.717, 1.165) is 5.56 Å². The third-order valence-corrected chi connectivity index (χ3v) is 4.20. The first kappa shape index (κ1) is 19.8. The topological polar surface area (TPSA) is 78.7 Å². The maximum absolute atomic E-state index is 12.8. The van der Waals surface area contributed by atoms with Gasteiger partial charge in [0, 0.05) is 12.1 Å². The Hall–Kier alpha value is -3.93. The molecule has 0 aliphatic carbocycles. The first-order valence-corrected chi connectivity index (χ1v) is 8.88. The maximum atomic E-state index is 12.8. The molecule has 3 aromatic carbocycles. The number of rotatable bonds is 7. The molecule has 3 aromatic rings. The quantitative estimate of drug-likeness (QED) is 0.189. The van der Waals surface area contributed by atoms with Crippen LogP contribution in [0, 0.1) is 10.1 Å². The Morgan fingerprint density at radius 1 is 1.00 bits per heavy atom. The third-order valence-electron chi connectivity index (χ3n) is 4.20. The van der Waals surface area contributed by atoms with E-state index < -0.39 is 10.9 Å². The molecule has 0 amide bonds. The lowest BCUT2D eigenvalue weighted by atomic mass is 10.0. The Balaban J connectivity index is 1.86. The van der Waals surface area contributed by atoms with Gasteiger partial charge in [-0.1, -0.05) is 54.6 Å². The van der Waals surface area contributed by atoms with Gasteiger partial charge >= 0.3 is 5.97 Å². The van der Waals surface area contributed by atoms with Crippen molar-refractivity contribution in [3.8, 4) is 5.75 Å². The Morgan fingerprint density at radius 2 is 1.76 bits per heavy atom. The molecule has 0 atom stereocenters. The van der Waals surface area contributed by atoms with E-state index in [1.165, 1.54) is 12.1 Å². The predicted octanol–water partition coefficient (Wildman–Crippen LogP) is 4.89. The largest absolute Gasteiger partial charge is 0.497 e. The molecule has 6 heteroatoms. The summed E-state index contributed by atoms with van der Waals surface area (Å²) in [6.07, 6.45) is 1.73. The van der Waals surface area contributed by atoms with E-state index in [1.807, 2.05) is 54.6 Å². The van der Waals surface area contributed by atoms with Crippen LogP contribution >= 0.6 is 0 Å². The number of carbonyl (C=O) groups is 1. The summed E-state index contributed by atoms with van der Waals surface area (Å²) in [6.45, 7) is -0.0667. The van der Waals surface area contributed by atoms with Crippen LogP contribution in [0.2, 0.25) is 0 Å². The average Bonchev–Trinajstić information content (AvgIpc) is 2.76. The van der Waals surface area contributed by atoms with Crippen molar-refractivity contribution in [3.63, 3.8) is 0 Å². The van der Waals surface area contributed by atoms with Gasteiger partial charge in [0.2, 0.25) is 0 Å². The maximum Gasteiger partial charge on any atom is 0.339 e. The van der Waals surface area contributed by atoms with Crippen LogP contribution in [0.1, 0.15) is 16.7 Å². The molecule has 0 unspecified atom stereocenters.